The van der Waals surface area contributed by atoms with Gasteiger partial charge in [-0.25, -0.2) is 8.78 Å². The van der Waals surface area contributed by atoms with Crippen LogP contribution < -0.4 is 4.90 Å². The predicted molar refractivity (Wildman–Crippen MR) is 58.0 cm³/mol. The molecule has 4 heteroatoms. The molecule has 0 bridgehead atoms. The van der Waals surface area contributed by atoms with Crippen molar-refractivity contribution in [2.24, 2.45) is 0 Å². The first-order valence-corrected chi connectivity index (χ1v) is 5.25. The van der Waals surface area contributed by atoms with Crippen LogP contribution in [0.5, 0.6) is 0 Å². The Hall–Kier alpha value is -0.830. The molecule has 0 radical (unpaired) electrons. The number of nitrogens with zero attached hydrogens (tertiary/aromatic N) is 1. The minimum absolute atomic E-state index is 0.0705. The molecule has 1 aliphatic heterocycles. The Morgan fingerprint density at radius 2 is 2.13 bits per heavy atom. The summed E-state index contributed by atoms with van der Waals surface area (Å²) in [5.74, 6) is -2.56. The number of rotatable bonds is 1. The van der Waals surface area contributed by atoms with Gasteiger partial charge in [-0.05, 0) is 24.6 Å². The van der Waals surface area contributed by atoms with Crippen LogP contribution >= 0.6 is 11.6 Å². The van der Waals surface area contributed by atoms with E-state index in [0.717, 1.165) is 11.3 Å². The normalized spacial score (nSPS) is 19.6. The van der Waals surface area contributed by atoms with Crippen molar-refractivity contribution in [2.45, 2.75) is 19.3 Å². The van der Waals surface area contributed by atoms with Gasteiger partial charge in [0.25, 0.3) is 5.92 Å². The fraction of sp³-hybridized carbons (Fsp3) is 0.455. The van der Waals surface area contributed by atoms with E-state index in [1.807, 2.05) is 13.0 Å². The average molecular weight is 232 g/mol. The lowest BCUT2D eigenvalue weighted by atomic mass is 10.2. The van der Waals surface area contributed by atoms with Gasteiger partial charge in [0.05, 0.1) is 6.54 Å². The molecule has 1 saturated heterocycles. The minimum Gasteiger partial charge on any atom is -0.365 e. The molecule has 0 amide bonds. The molecule has 15 heavy (non-hydrogen) atoms. The first-order chi connectivity index (χ1) is 6.99. The SMILES string of the molecule is Cc1c(Cl)cccc1N1CCC(F)(F)C1. The third kappa shape index (κ3) is 2.07. The molecule has 1 aromatic rings. The van der Waals surface area contributed by atoms with E-state index in [4.69, 9.17) is 11.6 Å². The van der Waals surface area contributed by atoms with Crippen molar-refractivity contribution in [2.75, 3.05) is 18.0 Å². The van der Waals surface area contributed by atoms with Gasteiger partial charge in [0, 0.05) is 23.7 Å². The zero-order valence-corrected chi connectivity index (χ0v) is 9.19. The predicted octanol–water partition coefficient (Wildman–Crippen LogP) is 3.49. The lowest BCUT2D eigenvalue weighted by Gasteiger charge is -2.20. The largest absolute Gasteiger partial charge is 0.365 e. The Bertz CT molecular complexity index is 379. The Morgan fingerprint density at radius 1 is 1.40 bits per heavy atom. The standard InChI is InChI=1S/C11H12ClF2N/c1-8-9(12)3-2-4-10(8)15-6-5-11(13,14)7-15/h2-4H,5-7H2,1H3. The molecule has 0 saturated carbocycles. The van der Waals surface area contributed by atoms with Gasteiger partial charge in [0.1, 0.15) is 0 Å². The van der Waals surface area contributed by atoms with E-state index < -0.39 is 5.92 Å². The highest BCUT2D eigenvalue weighted by molar-refractivity contribution is 6.31. The van der Waals surface area contributed by atoms with Crippen LogP contribution in [0.3, 0.4) is 0 Å². The molecule has 0 N–H and O–H groups in total. The highest BCUT2D eigenvalue weighted by Gasteiger charge is 2.38. The molecular weight excluding hydrogens is 220 g/mol. The third-order valence-corrected chi connectivity index (χ3v) is 3.16. The van der Waals surface area contributed by atoms with Crippen molar-refractivity contribution in [1.29, 1.82) is 0 Å². The van der Waals surface area contributed by atoms with E-state index in [-0.39, 0.29) is 13.0 Å². The van der Waals surface area contributed by atoms with Crippen LogP contribution in [-0.4, -0.2) is 19.0 Å². The van der Waals surface area contributed by atoms with Gasteiger partial charge in [0.2, 0.25) is 0 Å². The molecular formula is C11H12ClF2N. The summed E-state index contributed by atoms with van der Waals surface area (Å²) in [6.07, 6.45) is -0.0705. The molecule has 1 fully saturated rings. The van der Waals surface area contributed by atoms with Gasteiger partial charge >= 0.3 is 0 Å². The van der Waals surface area contributed by atoms with E-state index in [9.17, 15) is 8.78 Å². The number of alkyl halides is 2. The molecule has 0 aromatic heterocycles. The molecule has 0 unspecified atom stereocenters. The van der Waals surface area contributed by atoms with Crippen LogP contribution in [0, 0.1) is 6.92 Å². The quantitative estimate of drug-likeness (QED) is 0.715. The fourth-order valence-corrected chi connectivity index (χ4v) is 2.05. The lowest BCUT2D eigenvalue weighted by molar-refractivity contribution is 0.0257. The van der Waals surface area contributed by atoms with Crippen molar-refractivity contribution in [3.63, 3.8) is 0 Å². The van der Waals surface area contributed by atoms with Gasteiger partial charge in [-0.1, -0.05) is 17.7 Å². The molecule has 1 nitrogen and oxygen atoms in total. The van der Waals surface area contributed by atoms with Crippen LogP contribution in [-0.2, 0) is 0 Å². The second kappa shape index (κ2) is 3.63. The van der Waals surface area contributed by atoms with Crippen LogP contribution in [0.2, 0.25) is 5.02 Å². The van der Waals surface area contributed by atoms with Crippen LogP contribution in [0.1, 0.15) is 12.0 Å². The number of halogens is 3. The average Bonchev–Trinajstić information content (AvgIpc) is 2.51. The maximum atomic E-state index is 13.0. The van der Waals surface area contributed by atoms with E-state index in [0.29, 0.717) is 11.6 Å². The molecule has 82 valence electrons. The van der Waals surface area contributed by atoms with Gasteiger partial charge in [0.15, 0.2) is 0 Å². The van der Waals surface area contributed by atoms with Gasteiger partial charge in [-0.3, -0.25) is 0 Å². The zero-order chi connectivity index (χ0) is 11.1. The van der Waals surface area contributed by atoms with Crippen molar-refractivity contribution < 1.29 is 8.78 Å². The molecule has 1 aliphatic rings. The molecule has 1 heterocycles. The number of hydrogen-bond donors (Lipinski definition) is 0. The molecule has 0 aliphatic carbocycles. The van der Waals surface area contributed by atoms with E-state index in [1.54, 1.807) is 17.0 Å². The third-order valence-electron chi connectivity index (χ3n) is 2.75. The van der Waals surface area contributed by atoms with Crippen LogP contribution in [0.4, 0.5) is 14.5 Å². The van der Waals surface area contributed by atoms with Gasteiger partial charge in [-0.2, -0.15) is 0 Å². The summed E-state index contributed by atoms with van der Waals surface area (Å²) < 4.78 is 26.1. The summed E-state index contributed by atoms with van der Waals surface area (Å²) in [5, 5.41) is 0.628. The summed E-state index contributed by atoms with van der Waals surface area (Å²) in [5.41, 5.74) is 1.69. The maximum Gasteiger partial charge on any atom is 0.266 e. The van der Waals surface area contributed by atoms with E-state index in [2.05, 4.69) is 0 Å². The first kappa shape index (κ1) is 10.7. The van der Waals surface area contributed by atoms with E-state index in [1.165, 1.54) is 0 Å². The number of benzene rings is 1. The summed E-state index contributed by atoms with van der Waals surface area (Å²) in [6.45, 7) is 2.05. The Kier molecular flexibility index (Phi) is 2.59. The Labute approximate surface area is 92.6 Å². The Balaban J connectivity index is 2.28. The summed E-state index contributed by atoms with van der Waals surface area (Å²) in [6, 6.07) is 5.40. The number of anilines is 1. The summed E-state index contributed by atoms with van der Waals surface area (Å²) >= 11 is 5.95. The number of hydrogen-bond acceptors (Lipinski definition) is 1. The van der Waals surface area contributed by atoms with Gasteiger partial charge in [-0.15, -0.1) is 0 Å². The monoisotopic (exact) mass is 231 g/mol. The van der Waals surface area contributed by atoms with E-state index >= 15 is 0 Å². The van der Waals surface area contributed by atoms with Crippen LogP contribution in [0.25, 0.3) is 0 Å². The van der Waals surface area contributed by atoms with Crippen molar-refractivity contribution >= 4 is 17.3 Å². The zero-order valence-electron chi connectivity index (χ0n) is 8.43. The Morgan fingerprint density at radius 3 is 2.73 bits per heavy atom. The smallest absolute Gasteiger partial charge is 0.266 e. The minimum atomic E-state index is -2.56. The molecule has 1 aromatic carbocycles. The van der Waals surface area contributed by atoms with Crippen molar-refractivity contribution in [3.05, 3.63) is 28.8 Å². The summed E-state index contributed by atoms with van der Waals surface area (Å²) in [4.78, 5) is 1.70. The highest BCUT2D eigenvalue weighted by Crippen LogP contribution is 2.34. The fourth-order valence-electron chi connectivity index (χ4n) is 1.88. The highest BCUT2D eigenvalue weighted by atomic mass is 35.5. The van der Waals surface area contributed by atoms with Crippen LogP contribution in [0.15, 0.2) is 18.2 Å². The first-order valence-electron chi connectivity index (χ1n) is 4.87. The maximum absolute atomic E-state index is 13.0. The molecule has 2 rings (SSSR count). The topological polar surface area (TPSA) is 3.24 Å². The molecule has 0 spiro atoms. The molecule has 0 atom stereocenters. The second-order valence-corrected chi connectivity index (χ2v) is 4.32. The van der Waals surface area contributed by atoms with Crippen molar-refractivity contribution in [3.8, 4) is 0 Å². The second-order valence-electron chi connectivity index (χ2n) is 3.91. The summed E-state index contributed by atoms with van der Waals surface area (Å²) in [7, 11) is 0. The lowest BCUT2D eigenvalue weighted by Crippen LogP contribution is -2.25. The van der Waals surface area contributed by atoms with Gasteiger partial charge < -0.3 is 4.90 Å². The van der Waals surface area contributed by atoms with Crippen molar-refractivity contribution in [1.82, 2.24) is 0 Å².